The molecule has 2 aromatic heterocycles. The van der Waals surface area contributed by atoms with Crippen LogP contribution in [-0.4, -0.2) is 45.1 Å². The maximum absolute atomic E-state index is 12.7. The molecule has 0 aliphatic rings. The van der Waals surface area contributed by atoms with Crippen LogP contribution in [0.4, 0.5) is 0 Å². The molecule has 8 nitrogen and oxygen atoms in total. The number of ether oxygens (including phenoxy) is 2. The fourth-order valence-electron chi connectivity index (χ4n) is 2.53. The van der Waals surface area contributed by atoms with Crippen molar-refractivity contribution in [2.24, 2.45) is 0 Å². The molecule has 1 amide bonds. The van der Waals surface area contributed by atoms with E-state index < -0.39 is 0 Å². The number of nitrogens with zero attached hydrogens (tertiary/aromatic N) is 4. The number of nitrogens with one attached hydrogen (secondary N) is 1. The quantitative estimate of drug-likeness (QED) is 0.653. The number of amides is 1. The topological polar surface area (TPSA) is 93.2 Å². The Labute approximate surface area is 167 Å². The predicted octanol–water partition coefficient (Wildman–Crippen LogP) is 3.27. The second-order valence-electron chi connectivity index (χ2n) is 6.09. The maximum atomic E-state index is 12.7. The van der Waals surface area contributed by atoms with E-state index in [-0.39, 0.29) is 18.6 Å². The normalized spacial score (nSPS) is 11.7. The van der Waals surface area contributed by atoms with Crippen LogP contribution in [0.3, 0.4) is 0 Å². The molecule has 0 saturated heterocycles. The van der Waals surface area contributed by atoms with Crippen LogP contribution in [0.15, 0.2) is 42.9 Å². The summed E-state index contributed by atoms with van der Waals surface area (Å²) in [6, 6.07) is 8.36. The Morgan fingerprint density at radius 1 is 1.32 bits per heavy atom. The standard InChI is InChI=1S/C19H20ClN5O3/c1-12(16-6-7-21-11-22-16)25(2)19(26)17-8-13(23-24-17)10-28-18-5-4-14(27-3)9-15(18)20/h4-9,11-12H,10H2,1-3H3,(H,23,24). The van der Waals surface area contributed by atoms with Gasteiger partial charge in [-0.15, -0.1) is 0 Å². The molecule has 0 fully saturated rings. The smallest absolute Gasteiger partial charge is 0.274 e. The highest BCUT2D eigenvalue weighted by Gasteiger charge is 2.22. The van der Waals surface area contributed by atoms with Gasteiger partial charge in [0.2, 0.25) is 0 Å². The van der Waals surface area contributed by atoms with E-state index in [4.69, 9.17) is 21.1 Å². The zero-order valence-electron chi connectivity index (χ0n) is 15.7. The SMILES string of the molecule is COc1ccc(OCc2cc(C(=O)N(C)C(C)c3ccncn3)n[nH]2)c(Cl)c1. The van der Waals surface area contributed by atoms with E-state index >= 15 is 0 Å². The van der Waals surface area contributed by atoms with Crippen LogP contribution in [0.1, 0.15) is 34.8 Å². The van der Waals surface area contributed by atoms with Gasteiger partial charge in [-0.3, -0.25) is 9.89 Å². The number of halogens is 1. The maximum Gasteiger partial charge on any atom is 0.274 e. The van der Waals surface area contributed by atoms with Crippen LogP contribution >= 0.6 is 11.6 Å². The van der Waals surface area contributed by atoms with Gasteiger partial charge in [0.15, 0.2) is 5.69 Å². The first-order valence-electron chi connectivity index (χ1n) is 8.53. The molecule has 3 aromatic rings. The van der Waals surface area contributed by atoms with Gasteiger partial charge in [0, 0.05) is 19.3 Å². The highest BCUT2D eigenvalue weighted by molar-refractivity contribution is 6.32. The molecule has 0 aliphatic heterocycles. The van der Waals surface area contributed by atoms with E-state index in [0.29, 0.717) is 27.9 Å². The highest BCUT2D eigenvalue weighted by Crippen LogP contribution is 2.29. The number of rotatable bonds is 7. The van der Waals surface area contributed by atoms with Crippen LogP contribution in [-0.2, 0) is 6.61 Å². The molecule has 1 aromatic carbocycles. The minimum absolute atomic E-state index is 0.192. The summed E-state index contributed by atoms with van der Waals surface area (Å²) in [6.07, 6.45) is 3.10. The van der Waals surface area contributed by atoms with Crippen molar-refractivity contribution in [2.45, 2.75) is 19.6 Å². The van der Waals surface area contributed by atoms with Gasteiger partial charge in [-0.2, -0.15) is 5.10 Å². The van der Waals surface area contributed by atoms with Gasteiger partial charge in [-0.1, -0.05) is 11.6 Å². The van der Waals surface area contributed by atoms with Crippen LogP contribution in [0.2, 0.25) is 5.02 Å². The third-order valence-electron chi connectivity index (χ3n) is 4.31. The van der Waals surface area contributed by atoms with Gasteiger partial charge in [-0.25, -0.2) is 9.97 Å². The number of hydrogen-bond donors (Lipinski definition) is 1. The molecule has 1 unspecified atom stereocenters. The van der Waals surface area contributed by atoms with Crippen molar-refractivity contribution < 1.29 is 14.3 Å². The third kappa shape index (κ3) is 4.40. The van der Waals surface area contributed by atoms with Crippen molar-refractivity contribution in [2.75, 3.05) is 14.2 Å². The lowest BCUT2D eigenvalue weighted by molar-refractivity contribution is 0.0733. The van der Waals surface area contributed by atoms with Gasteiger partial charge in [0.25, 0.3) is 5.91 Å². The molecule has 1 N–H and O–H groups in total. The van der Waals surface area contributed by atoms with Crippen molar-refractivity contribution >= 4 is 17.5 Å². The summed E-state index contributed by atoms with van der Waals surface area (Å²) in [7, 11) is 3.27. The minimum atomic E-state index is -0.226. The van der Waals surface area contributed by atoms with E-state index in [0.717, 1.165) is 5.69 Å². The van der Waals surface area contributed by atoms with E-state index in [9.17, 15) is 4.79 Å². The molecule has 28 heavy (non-hydrogen) atoms. The molecule has 3 rings (SSSR count). The number of hydrogen-bond acceptors (Lipinski definition) is 6. The Balaban J connectivity index is 1.64. The summed E-state index contributed by atoms with van der Waals surface area (Å²) in [4.78, 5) is 22.4. The lowest BCUT2D eigenvalue weighted by Crippen LogP contribution is -2.30. The van der Waals surface area contributed by atoms with Crippen LogP contribution in [0, 0.1) is 0 Å². The molecule has 0 aliphatic carbocycles. The Bertz CT molecular complexity index is 948. The predicted molar refractivity (Wildman–Crippen MR) is 103 cm³/mol. The molecule has 0 bridgehead atoms. The van der Waals surface area contributed by atoms with Gasteiger partial charge >= 0.3 is 0 Å². The zero-order valence-corrected chi connectivity index (χ0v) is 16.5. The number of carbonyl (C=O) groups excluding carboxylic acids is 1. The first-order valence-corrected chi connectivity index (χ1v) is 8.91. The molecule has 2 heterocycles. The lowest BCUT2D eigenvalue weighted by Gasteiger charge is -2.23. The molecule has 0 saturated carbocycles. The average Bonchev–Trinajstić information content (AvgIpc) is 3.20. The monoisotopic (exact) mass is 401 g/mol. The molecule has 9 heteroatoms. The number of methoxy groups -OCH3 is 1. The first kappa shape index (κ1) is 19.6. The Morgan fingerprint density at radius 2 is 2.14 bits per heavy atom. The molecule has 0 radical (unpaired) electrons. The van der Waals surface area contributed by atoms with Gasteiger partial charge < -0.3 is 14.4 Å². The molecular formula is C19H20ClN5O3. The Morgan fingerprint density at radius 3 is 2.82 bits per heavy atom. The lowest BCUT2D eigenvalue weighted by atomic mass is 10.2. The fourth-order valence-corrected chi connectivity index (χ4v) is 2.75. The van der Waals surface area contributed by atoms with Gasteiger partial charge in [0.1, 0.15) is 24.4 Å². The molecule has 0 spiro atoms. The fraction of sp³-hybridized carbons (Fsp3) is 0.263. The van der Waals surface area contributed by atoms with Gasteiger partial charge in [-0.05, 0) is 31.2 Å². The van der Waals surface area contributed by atoms with Crippen LogP contribution in [0.5, 0.6) is 11.5 Å². The summed E-state index contributed by atoms with van der Waals surface area (Å²) in [5.41, 5.74) is 1.69. The zero-order chi connectivity index (χ0) is 20.1. The summed E-state index contributed by atoms with van der Waals surface area (Å²) in [5.74, 6) is 0.933. The van der Waals surface area contributed by atoms with E-state index in [2.05, 4.69) is 20.2 Å². The Kier molecular flexibility index (Phi) is 6.10. The van der Waals surface area contributed by atoms with E-state index in [1.54, 1.807) is 55.6 Å². The number of aromatic nitrogens is 4. The van der Waals surface area contributed by atoms with Crippen molar-refractivity contribution in [1.82, 2.24) is 25.1 Å². The number of H-pyrrole nitrogens is 1. The third-order valence-corrected chi connectivity index (χ3v) is 4.60. The summed E-state index contributed by atoms with van der Waals surface area (Å²) >= 11 is 6.16. The number of carbonyl (C=O) groups is 1. The molecule has 1 atom stereocenters. The average molecular weight is 402 g/mol. The van der Waals surface area contributed by atoms with Crippen LogP contribution in [0.25, 0.3) is 0 Å². The molecule has 146 valence electrons. The number of aromatic amines is 1. The summed E-state index contributed by atoms with van der Waals surface area (Å²) in [6.45, 7) is 2.08. The van der Waals surface area contributed by atoms with Crippen molar-refractivity contribution in [1.29, 1.82) is 0 Å². The first-order chi connectivity index (χ1) is 13.5. The number of benzene rings is 1. The second kappa shape index (κ2) is 8.71. The van der Waals surface area contributed by atoms with Crippen LogP contribution < -0.4 is 9.47 Å². The van der Waals surface area contributed by atoms with Crippen molar-refractivity contribution in [3.8, 4) is 11.5 Å². The van der Waals surface area contributed by atoms with E-state index in [1.807, 2.05) is 6.92 Å². The minimum Gasteiger partial charge on any atom is -0.497 e. The second-order valence-corrected chi connectivity index (χ2v) is 6.50. The van der Waals surface area contributed by atoms with Crippen molar-refractivity contribution in [3.63, 3.8) is 0 Å². The molecular weight excluding hydrogens is 382 g/mol. The summed E-state index contributed by atoms with van der Waals surface area (Å²) in [5, 5.41) is 7.35. The van der Waals surface area contributed by atoms with E-state index in [1.165, 1.54) is 6.33 Å². The largest absolute Gasteiger partial charge is 0.497 e. The highest BCUT2D eigenvalue weighted by atomic mass is 35.5. The van der Waals surface area contributed by atoms with Gasteiger partial charge in [0.05, 0.1) is 29.6 Å². The van der Waals surface area contributed by atoms with Crippen molar-refractivity contribution in [3.05, 3.63) is 65.0 Å². The summed E-state index contributed by atoms with van der Waals surface area (Å²) < 4.78 is 10.8. The Hall–Kier alpha value is -3.13.